The summed E-state index contributed by atoms with van der Waals surface area (Å²) in [6.07, 6.45) is -4.47. The summed E-state index contributed by atoms with van der Waals surface area (Å²) in [6.45, 7) is 0.0104. The van der Waals surface area contributed by atoms with Crippen molar-refractivity contribution in [3.63, 3.8) is 0 Å². The minimum atomic E-state index is -2.77. The van der Waals surface area contributed by atoms with E-state index >= 15 is 0 Å². The molecule has 0 fully saturated rings. The number of halogens is 4. The van der Waals surface area contributed by atoms with Crippen LogP contribution < -0.4 is 5.32 Å². The Morgan fingerprint density at radius 2 is 2.06 bits per heavy atom. The van der Waals surface area contributed by atoms with Gasteiger partial charge in [0.1, 0.15) is 11.9 Å². The maximum Gasteiger partial charge on any atom is 0.265 e. The lowest BCUT2D eigenvalue weighted by molar-refractivity contribution is -0.00340. The molecule has 0 radical (unpaired) electrons. The van der Waals surface area contributed by atoms with Crippen molar-refractivity contribution in [2.24, 2.45) is 0 Å². The van der Waals surface area contributed by atoms with Crippen LogP contribution in [0, 0.1) is 5.82 Å². The molecule has 1 unspecified atom stereocenters. The van der Waals surface area contributed by atoms with Gasteiger partial charge in [0.2, 0.25) is 0 Å². The van der Waals surface area contributed by atoms with E-state index < -0.39 is 18.3 Å². The first kappa shape index (κ1) is 13.3. The third-order valence-corrected chi connectivity index (χ3v) is 2.25. The van der Waals surface area contributed by atoms with Crippen molar-refractivity contribution < 1.29 is 18.3 Å². The minimum Gasteiger partial charge on any atom is -0.386 e. The number of hydrogen-bond acceptors (Lipinski definition) is 2. The second kappa shape index (κ2) is 6.08. The smallest absolute Gasteiger partial charge is 0.265 e. The van der Waals surface area contributed by atoms with Crippen molar-refractivity contribution >= 4 is 11.6 Å². The molecule has 90 valence electrons. The number of aliphatic hydroxyl groups is 1. The van der Waals surface area contributed by atoms with Crippen molar-refractivity contribution in [3.8, 4) is 0 Å². The van der Waals surface area contributed by atoms with Crippen LogP contribution in [0.5, 0.6) is 0 Å². The van der Waals surface area contributed by atoms with Gasteiger partial charge in [-0.15, -0.1) is 0 Å². The van der Waals surface area contributed by atoms with E-state index in [0.717, 1.165) is 0 Å². The molecule has 0 aliphatic rings. The first-order valence-corrected chi connectivity index (χ1v) is 4.99. The molecular formula is C10H11ClF3NO. The highest BCUT2D eigenvalue weighted by Gasteiger charge is 2.15. The van der Waals surface area contributed by atoms with E-state index in [-0.39, 0.29) is 18.1 Å². The van der Waals surface area contributed by atoms with Gasteiger partial charge in [-0.25, -0.2) is 13.2 Å². The summed E-state index contributed by atoms with van der Waals surface area (Å²) in [5, 5.41) is 11.4. The predicted molar refractivity (Wildman–Crippen MR) is 55.1 cm³/mol. The molecule has 1 aromatic carbocycles. The molecule has 0 heterocycles. The molecule has 0 amide bonds. The Labute approximate surface area is 96.0 Å². The number of alkyl halides is 2. The fraction of sp³-hybridized carbons (Fsp3) is 0.400. The normalized spacial score (nSPS) is 13.1. The standard InChI is InChI=1S/C10H11ClF3NO/c11-7-3-6(1-2-8(7)12)4-15-5-9(16)10(13)14/h1-3,9-10,15-16H,4-5H2. The summed E-state index contributed by atoms with van der Waals surface area (Å²) in [7, 11) is 0. The predicted octanol–water partition coefficient (Wildman–Crippen LogP) is 2.19. The maximum absolute atomic E-state index is 12.8. The Balaban J connectivity index is 2.40. The van der Waals surface area contributed by atoms with Gasteiger partial charge in [0.25, 0.3) is 6.43 Å². The SMILES string of the molecule is OC(CNCc1ccc(F)c(Cl)c1)C(F)F. The monoisotopic (exact) mass is 253 g/mol. The maximum atomic E-state index is 12.8. The zero-order valence-corrected chi connectivity index (χ0v) is 9.02. The van der Waals surface area contributed by atoms with Gasteiger partial charge in [-0.05, 0) is 17.7 Å². The molecule has 0 bridgehead atoms. The third-order valence-electron chi connectivity index (χ3n) is 1.96. The number of hydrogen-bond donors (Lipinski definition) is 2. The summed E-state index contributed by atoms with van der Waals surface area (Å²) < 4.78 is 36.6. The van der Waals surface area contributed by atoms with E-state index in [1.807, 2.05) is 0 Å². The molecule has 1 rings (SSSR count). The molecule has 1 atom stereocenters. The highest BCUT2D eigenvalue weighted by Crippen LogP contribution is 2.15. The zero-order chi connectivity index (χ0) is 12.1. The first-order valence-electron chi connectivity index (χ1n) is 4.61. The van der Waals surface area contributed by atoms with Crippen molar-refractivity contribution in [2.75, 3.05) is 6.54 Å². The van der Waals surface area contributed by atoms with Gasteiger partial charge in [0.15, 0.2) is 0 Å². The molecular weight excluding hydrogens is 243 g/mol. The fourth-order valence-corrected chi connectivity index (χ4v) is 1.31. The quantitative estimate of drug-likeness (QED) is 0.843. The Kier molecular flexibility index (Phi) is 5.05. The molecule has 0 aliphatic heterocycles. The molecule has 2 nitrogen and oxygen atoms in total. The van der Waals surface area contributed by atoms with E-state index in [1.54, 1.807) is 0 Å². The lowest BCUT2D eigenvalue weighted by atomic mass is 10.2. The largest absolute Gasteiger partial charge is 0.386 e. The number of aliphatic hydroxyl groups excluding tert-OH is 1. The summed E-state index contributed by atoms with van der Waals surface area (Å²) >= 11 is 5.53. The van der Waals surface area contributed by atoms with E-state index in [4.69, 9.17) is 16.7 Å². The van der Waals surface area contributed by atoms with Gasteiger partial charge in [-0.2, -0.15) is 0 Å². The molecule has 0 saturated heterocycles. The van der Waals surface area contributed by atoms with Crippen LogP contribution in [0.4, 0.5) is 13.2 Å². The first-order chi connectivity index (χ1) is 7.50. The van der Waals surface area contributed by atoms with Crippen LogP contribution in [0.3, 0.4) is 0 Å². The average Bonchev–Trinajstić information content (AvgIpc) is 2.23. The molecule has 0 aliphatic carbocycles. The van der Waals surface area contributed by atoms with Gasteiger partial charge < -0.3 is 10.4 Å². The average molecular weight is 254 g/mol. The van der Waals surface area contributed by atoms with E-state index in [0.29, 0.717) is 5.56 Å². The molecule has 0 spiro atoms. The Bertz CT molecular complexity index is 349. The molecule has 2 N–H and O–H groups in total. The molecule has 6 heteroatoms. The van der Waals surface area contributed by atoms with Crippen LogP contribution in [0.15, 0.2) is 18.2 Å². The van der Waals surface area contributed by atoms with Gasteiger partial charge in [-0.1, -0.05) is 17.7 Å². The van der Waals surface area contributed by atoms with Crippen LogP contribution in [0.25, 0.3) is 0 Å². The highest BCUT2D eigenvalue weighted by atomic mass is 35.5. The summed E-state index contributed by atoms with van der Waals surface area (Å²) in [5.41, 5.74) is 0.660. The highest BCUT2D eigenvalue weighted by molar-refractivity contribution is 6.30. The summed E-state index contributed by atoms with van der Waals surface area (Å²) in [5.74, 6) is -0.530. The van der Waals surface area contributed by atoms with Crippen LogP contribution >= 0.6 is 11.6 Å². The second-order valence-electron chi connectivity index (χ2n) is 3.28. The van der Waals surface area contributed by atoms with E-state index in [1.165, 1.54) is 18.2 Å². The number of nitrogens with one attached hydrogen (secondary N) is 1. The molecule has 1 aromatic rings. The lowest BCUT2D eigenvalue weighted by Crippen LogP contribution is -2.31. The Morgan fingerprint density at radius 1 is 1.38 bits per heavy atom. The van der Waals surface area contributed by atoms with Crippen LogP contribution in [0.1, 0.15) is 5.56 Å². The van der Waals surface area contributed by atoms with Crippen molar-refractivity contribution in [2.45, 2.75) is 19.1 Å². The van der Waals surface area contributed by atoms with Crippen molar-refractivity contribution in [1.29, 1.82) is 0 Å². The van der Waals surface area contributed by atoms with Gasteiger partial charge in [0, 0.05) is 13.1 Å². The van der Waals surface area contributed by atoms with Crippen LogP contribution in [-0.4, -0.2) is 24.2 Å². The Morgan fingerprint density at radius 3 is 2.62 bits per heavy atom. The van der Waals surface area contributed by atoms with Crippen molar-refractivity contribution in [1.82, 2.24) is 5.32 Å². The van der Waals surface area contributed by atoms with Crippen molar-refractivity contribution in [3.05, 3.63) is 34.6 Å². The summed E-state index contributed by atoms with van der Waals surface area (Å²) in [6, 6.07) is 4.09. The molecule has 0 aromatic heterocycles. The summed E-state index contributed by atoms with van der Waals surface area (Å²) in [4.78, 5) is 0. The molecule has 16 heavy (non-hydrogen) atoms. The second-order valence-corrected chi connectivity index (χ2v) is 3.69. The van der Waals surface area contributed by atoms with Gasteiger partial charge >= 0.3 is 0 Å². The number of rotatable bonds is 5. The van der Waals surface area contributed by atoms with Crippen LogP contribution in [-0.2, 0) is 6.54 Å². The fourth-order valence-electron chi connectivity index (χ4n) is 1.10. The molecule has 0 saturated carbocycles. The third kappa shape index (κ3) is 4.00. The van der Waals surface area contributed by atoms with Gasteiger partial charge in [0.05, 0.1) is 5.02 Å². The Hall–Kier alpha value is -0.780. The van der Waals surface area contributed by atoms with Gasteiger partial charge in [-0.3, -0.25) is 0 Å². The topological polar surface area (TPSA) is 32.3 Å². The zero-order valence-electron chi connectivity index (χ0n) is 8.26. The lowest BCUT2D eigenvalue weighted by Gasteiger charge is -2.10. The minimum absolute atomic E-state index is 0.0197. The number of benzene rings is 1. The van der Waals surface area contributed by atoms with E-state index in [2.05, 4.69) is 5.32 Å². The van der Waals surface area contributed by atoms with E-state index in [9.17, 15) is 13.2 Å². The van der Waals surface area contributed by atoms with Crippen LogP contribution in [0.2, 0.25) is 5.02 Å².